The summed E-state index contributed by atoms with van der Waals surface area (Å²) in [5.74, 6) is 1.54. The molecule has 0 heterocycles. The molecule has 0 N–H and O–H groups in total. The first-order chi connectivity index (χ1) is 5.41. The van der Waals surface area contributed by atoms with E-state index >= 15 is 0 Å². The van der Waals surface area contributed by atoms with E-state index in [0.29, 0.717) is 11.7 Å². The van der Waals surface area contributed by atoms with Crippen LogP contribution in [0.4, 0.5) is 0 Å². The van der Waals surface area contributed by atoms with Crippen LogP contribution >= 0.6 is 0 Å². The maximum absolute atomic E-state index is 11.6. The predicted molar refractivity (Wildman–Crippen MR) is 51.0 cm³/mol. The summed E-state index contributed by atoms with van der Waals surface area (Å²) in [7, 11) is 0. The third-order valence-corrected chi connectivity index (χ3v) is 2.96. The molecule has 1 rings (SSSR count). The summed E-state index contributed by atoms with van der Waals surface area (Å²) in [6, 6.07) is 0. The second kappa shape index (κ2) is 3.20. The second-order valence-corrected chi connectivity index (χ2v) is 5.26. The van der Waals surface area contributed by atoms with Crippen LogP contribution in [0, 0.1) is 17.3 Å². The van der Waals surface area contributed by atoms with Crippen molar-refractivity contribution >= 4 is 5.78 Å². The van der Waals surface area contributed by atoms with Gasteiger partial charge in [0, 0.05) is 12.3 Å². The Kier molecular flexibility index (Phi) is 2.60. The topological polar surface area (TPSA) is 17.1 Å². The van der Waals surface area contributed by atoms with Crippen LogP contribution in [0.25, 0.3) is 0 Å². The van der Waals surface area contributed by atoms with E-state index in [9.17, 15) is 4.79 Å². The third kappa shape index (κ3) is 2.09. The van der Waals surface area contributed by atoms with E-state index in [0.717, 1.165) is 25.2 Å². The van der Waals surface area contributed by atoms with Crippen molar-refractivity contribution in [2.45, 2.75) is 47.0 Å². The predicted octanol–water partition coefficient (Wildman–Crippen LogP) is 3.04. The molecule has 70 valence electrons. The molecule has 1 saturated carbocycles. The van der Waals surface area contributed by atoms with Gasteiger partial charge in [0.1, 0.15) is 5.78 Å². The van der Waals surface area contributed by atoms with Crippen LogP contribution in [0.15, 0.2) is 0 Å². The first-order valence-corrected chi connectivity index (χ1v) is 4.94. The van der Waals surface area contributed by atoms with E-state index in [1.165, 1.54) is 0 Å². The van der Waals surface area contributed by atoms with Gasteiger partial charge in [0.2, 0.25) is 0 Å². The average Bonchev–Trinajstić information content (AvgIpc) is 1.92. The normalized spacial score (nSPS) is 32.2. The molecule has 0 bridgehead atoms. The summed E-state index contributed by atoms with van der Waals surface area (Å²) in [6.45, 7) is 8.78. The number of carbonyl (C=O) groups excluding carboxylic acids is 1. The maximum Gasteiger partial charge on any atom is 0.136 e. The number of ketones is 1. The number of hydrogen-bond acceptors (Lipinski definition) is 1. The fourth-order valence-electron chi connectivity index (χ4n) is 2.05. The molecule has 0 aromatic heterocycles. The zero-order chi connectivity index (χ0) is 9.35. The fourth-order valence-corrected chi connectivity index (χ4v) is 2.05. The number of rotatable bonds is 0. The second-order valence-electron chi connectivity index (χ2n) is 5.26. The van der Waals surface area contributed by atoms with E-state index in [1.54, 1.807) is 0 Å². The molecule has 0 spiro atoms. The lowest BCUT2D eigenvalue weighted by Crippen LogP contribution is -2.33. The summed E-state index contributed by atoms with van der Waals surface area (Å²) in [5, 5.41) is 0. The van der Waals surface area contributed by atoms with Gasteiger partial charge in [-0.05, 0) is 24.2 Å². The Bertz CT molecular complexity index is 176. The summed E-state index contributed by atoms with van der Waals surface area (Å²) in [6.07, 6.45) is 3.01. The largest absolute Gasteiger partial charge is 0.299 e. The minimum Gasteiger partial charge on any atom is -0.299 e. The fraction of sp³-hybridized carbons (Fsp3) is 0.909. The third-order valence-electron chi connectivity index (χ3n) is 2.96. The Morgan fingerprint density at radius 3 is 2.33 bits per heavy atom. The van der Waals surface area contributed by atoms with Crippen molar-refractivity contribution in [3.05, 3.63) is 0 Å². The van der Waals surface area contributed by atoms with Gasteiger partial charge >= 0.3 is 0 Å². The molecule has 1 aliphatic rings. The van der Waals surface area contributed by atoms with Crippen molar-refractivity contribution in [1.29, 1.82) is 0 Å². The maximum atomic E-state index is 11.6. The molecular formula is C11H20O. The zero-order valence-corrected chi connectivity index (χ0v) is 8.68. The van der Waals surface area contributed by atoms with Crippen LogP contribution in [0.3, 0.4) is 0 Å². The molecule has 0 saturated heterocycles. The zero-order valence-electron chi connectivity index (χ0n) is 8.68. The quantitative estimate of drug-likeness (QED) is 0.543. The van der Waals surface area contributed by atoms with E-state index in [1.807, 2.05) is 0 Å². The molecule has 2 atom stereocenters. The standard InChI is InChI=1S/C11H20O/c1-8-5-6-10(12)9(7-8)11(2,3)4/h8-9H,5-7H2,1-4H3/t8-,9+/m1/s1. The van der Waals surface area contributed by atoms with Gasteiger partial charge < -0.3 is 0 Å². The Balaban J connectivity index is 2.68. The van der Waals surface area contributed by atoms with Crippen molar-refractivity contribution < 1.29 is 4.79 Å². The first kappa shape index (κ1) is 9.76. The van der Waals surface area contributed by atoms with Crippen LogP contribution in [0.5, 0.6) is 0 Å². The molecule has 0 aliphatic heterocycles. The number of carbonyl (C=O) groups is 1. The van der Waals surface area contributed by atoms with Gasteiger partial charge in [-0.1, -0.05) is 27.7 Å². The van der Waals surface area contributed by atoms with Crippen molar-refractivity contribution in [1.82, 2.24) is 0 Å². The molecule has 0 radical (unpaired) electrons. The minimum atomic E-state index is 0.172. The molecule has 0 unspecified atom stereocenters. The van der Waals surface area contributed by atoms with Crippen LogP contribution < -0.4 is 0 Å². The van der Waals surface area contributed by atoms with Gasteiger partial charge in [0.05, 0.1) is 0 Å². The summed E-state index contributed by atoms with van der Waals surface area (Å²) < 4.78 is 0. The highest BCUT2D eigenvalue weighted by molar-refractivity contribution is 5.82. The van der Waals surface area contributed by atoms with Gasteiger partial charge in [0.15, 0.2) is 0 Å². The molecule has 12 heavy (non-hydrogen) atoms. The van der Waals surface area contributed by atoms with Gasteiger partial charge in [-0.25, -0.2) is 0 Å². The SMILES string of the molecule is C[C@@H]1CCC(=O)[C@@H](C(C)(C)C)C1. The highest BCUT2D eigenvalue weighted by atomic mass is 16.1. The lowest BCUT2D eigenvalue weighted by atomic mass is 9.69. The molecule has 0 amide bonds. The van der Waals surface area contributed by atoms with Crippen LogP contribution in [-0.2, 0) is 4.79 Å². The molecule has 1 fully saturated rings. The monoisotopic (exact) mass is 168 g/mol. The van der Waals surface area contributed by atoms with Crippen molar-refractivity contribution in [2.75, 3.05) is 0 Å². The highest BCUT2D eigenvalue weighted by Gasteiger charge is 2.34. The molecular weight excluding hydrogens is 148 g/mol. The van der Waals surface area contributed by atoms with E-state index in [2.05, 4.69) is 27.7 Å². The Labute approximate surface area is 75.5 Å². The summed E-state index contributed by atoms with van der Waals surface area (Å²) in [4.78, 5) is 11.6. The van der Waals surface area contributed by atoms with Crippen LogP contribution in [0.2, 0.25) is 0 Å². The molecule has 0 aromatic carbocycles. The number of Topliss-reactive ketones (excluding diaryl/α,β-unsaturated/α-hetero) is 1. The smallest absolute Gasteiger partial charge is 0.136 e. The first-order valence-electron chi connectivity index (χ1n) is 4.94. The lowest BCUT2D eigenvalue weighted by molar-refractivity contribution is -0.129. The van der Waals surface area contributed by atoms with Gasteiger partial charge in [-0.3, -0.25) is 4.79 Å². The molecule has 0 aromatic rings. The minimum absolute atomic E-state index is 0.172. The van der Waals surface area contributed by atoms with E-state index in [-0.39, 0.29) is 5.41 Å². The highest BCUT2D eigenvalue weighted by Crippen LogP contribution is 2.37. The number of hydrogen-bond donors (Lipinski definition) is 0. The van der Waals surface area contributed by atoms with Gasteiger partial charge in [-0.15, -0.1) is 0 Å². The molecule has 1 aliphatic carbocycles. The van der Waals surface area contributed by atoms with Crippen molar-refractivity contribution in [3.8, 4) is 0 Å². The van der Waals surface area contributed by atoms with Crippen LogP contribution in [-0.4, -0.2) is 5.78 Å². The average molecular weight is 168 g/mol. The Morgan fingerprint density at radius 2 is 1.92 bits per heavy atom. The van der Waals surface area contributed by atoms with Crippen molar-refractivity contribution in [2.24, 2.45) is 17.3 Å². The van der Waals surface area contributed by atoms with E-state index in [4.69, 9.17) is 0 Å². The van der Waals surface area contributed by atoms with Crippen molar-refractivity contribution in [3.63, 3.8) is 0 Å². The lowest BCUT2D eigenvalue weighted by Gasteiger charge is -2.35. The summed E-state index contributed by atoms with van der Waals surface area (Å²) in [5.41, 5.74) is 0.172. The summed E-state index contributed by atoms with van der Waals surface area (Å²) >= 11 is 0. The Hall–Kier alpha value is -0.330. The molecule has 1 nitrogen and oxygen atoms in total. The molecule has 1 heteroatoms. The van der Waals surface area contributed by atoms with Crippen LogP contribution in [0.1, 0.15) is 47.0 Å². The van der Waals surface area contributed by atoms with E-state index < -0.39 is 0 Å². The van der Waals surface area contributed by atoms with Gasteiger partial charge in [0.25, 0.3) is 0 Å². The van der Waals surface area contributed by atoms with Gasteiger partial charge in [-0.2, -0.15) is 0 Å². The Morgan fingerprint density at radius 1 is 1.33 bits per heavy atom.